The smallest absolute Gasteiger partial charge is 0.237 e. The average Bonchev–Trinajstić information content (AvgIpc) is 2.29. The summed E-state index contributed by atoms with van der Waals surface area (Å²) < 4.78 is 0. The molecule has 100 valence electrons. The van der Waals surface area contributed by atoms with Gasteiger partial charge >= 0.3 is 0 Å². The van der Waals surface area contributed by atoms with Crippen molar-refractivity contribution in [2.24, 2.45) is 11.3 Å². The Morgan fingerprint density at radius 3 is 2.59 bits per heavy atom. The Balaban J connectivity index is 2.46. The Bertz CT molecular complexity index is 247. The van der Waals surface area contributed by atoms with Crippen molar-refractivity contribution < 1.29 is 4.79 Å². The van der Waals surface area contributed by atoms with Gasteiger partial charge in [-0.1, -0.05) is 40.5 Å². The van der Waals surface area contributed by atoms with E-state index in [2.05, 4.69) is 38.3 Å². The highest BCUT2D eigenvalue weighted by molar-refractivity contribution is 5.82. The van der Waals surface area contributed by atoms with E-state index in [4.69, 9.17) is 0 Å². The molecule has 2 N–H and O–H groups in total. The van der Waals surface area contributed by atoms with Gasteiger partial charge in [0.25, 0.3) is 0 Å². The van der Waals surface area contributed by atoms with E-state index in [1.54, 1.807) is 0 Å². The lowest BCUT2D eigenvalue weighted by molar-refractivity contribution is -0.127. The SMILES string of the molecule is CCC(CC)CNC(=O)C1NCCCC1(C)C. The Labute approximate surface area is 106 Å². The van der Waals surface area contributed by atoms with Crippen LogP contribution in [0.5, 0.6) is 0 Å². The number of amides is 1. The van der Waals surface area contributed by atoms with Crippen LogP contribution in [0.1, 0.15) is 53.4 Å². The Morgan fingerprint density at radius 2 is 2.06 bits per heavy atom. The van der Waals surface area contributed by atoms with E-state index in [1.165, 1.54) is 6.42 Å². The zero-order chi connectivity index (χ0) is 12.9. The number of carbonyl (C=O) groups excluding carboxylic acids is 1. The van der Waals surface area contributed by atoms with Crippen molar-refractivity contribution in [2.75, 3.05) is 13.1 Å². The van der Waals surface area contributed by atoms with Crippen LogP contribution in [0, 0.1) is 11.3 Å². The number of carbonyl (C=O) groups is 1. The predicted molar refractivity (Wildman–Crippen MR) is 71.9 cm³/mol. The second kappa shape index (κ2) is 6.39. The molecule has 0 aromatic heterocycles. The monoisotopic (exact) mass is 240 g/mol. The maximum atomic E-state index is 12.2. The first-order valence-corrected chi connectivity index (χ1v) is 7.02. The molecule has 1 rings (SSSR count). The van der Waals surface area contributed by atoms with Crippen LogP contribution in [0.3, 0.4) is 0 Å². The molecule has 1 fully saturated rings. The standard InChI is InChI=1S/C14H28N2O/c1-5-11(6-2)10-16-13(17)12-14(3,4)8-7-9-15-12/h11-12,15H,5-10H2,1-4H3,(H,16,17). The summed E-state index contributed by atoms with van der Waals surface area (Å²) in [5.74, 6) is 0.798. The minimum Gasteiger partial charge on any atom is -0.354 e. The lowest BCUT2D eigenvalue weighted by Gasteiger charge is -2.38. The summed E-state index contributed by atoms with van der Waals surface area (Å²) >= 11 is 0. The molecule has 1 saturated heterocycles. The zero-order valence-corrected chi connectivity index (χ0v) is 11.8. The predicted octanol–water partition coefficient (Wildman–Crippen LogP) is 2.32. The molecule has 0 saturated carbocycles. The minimum absolute atomic E-state index is 0.0226. The van der Waals surface area contributed by atoms with Crippen LogP contribution in [0.4, 0.5) is 0 Å². The Hall–Kier alpha value is -0.570. The highest BCUT2D eigenvalue weighted by Crippen LogP contribution is 2.30. The molecule has 1 aliphatic heterocycles. The summed E-state index contributed by atoms with van der Waals surface area (Å²) in [5.41, 5.74) is 0.0796. The van der Waals surface area contributed by atoms with E-state index in [9.17, 15) is 4.79 Å². The molecule has 0 aromatic carbocycles. The van der Waals surface area contributed by atoms with Gasteiger partial charge in [-0.05, 0) is 30.7 Å². The van der Waals surface area contributed by atoms with Crippen LogP contribution in [0.25, 0.3) is 0 Å². The summed E-state index contributed by atoms with van der Waals surface area (Å²) in [7, 11) is 0. The average molecular weight is 240 g/mol. The second-order valence-electron chi connectivity index (χ2n) is 5.91. The van der Waals surface area contributed by atoms with E-state index in [0.29, 0.717) is 5.92 Å². The first kappa shape index (κ1) is 14.5. The summed E-state index contributed by atoms with van der Waals surface area (Å²) in [4.78, 5) is 12.2. The maximum Gasteiger partial charge on any atom is 0.237 e. The van der Waals surface area contributed by atoms with Gasteiger partial charge in [-0.25, -0.2) is 0 Å². The van der Waals surface area contributed by atoms with E-state index >= 15 is 0 Å². The zero-order valence-electron chi connectivity index (χ0n) is 11.8. The summed E-state index contributed by atoms with van der Waals surface area (Å²) in [6.45, 7) is 10.5. The van der Waals surface area contributed by atoms with Crippen molar-refractivity contribution in [3.63, 3.8) is 0 Å². The van der Waals surface area contributed by atoms with E-state index < -0.39 is 0 Å². The maximum absolute atomic E-state index is 12.2. The first-order chi connectivity index (χ1) is 8.01. The normalized spacial score (nSPS) is 23.7. The van der Waals surface area contributed by atoms with Crippen molar-refractivity contribution in [2.45, 2.75) is 59.4 Å². The highest BCUT2D eigenvalue weighted by atomic mass is 16.2. The van der Waals surface area contributed by atoms with E-state index in [-0.39, 0.29) is 17.4 Å². The summed E-state index contributed by atoms with van der Waals surface area (Å²) in [6.07, 6.45) is 4.57. The molecule has 0 aliphatic carbocycles. The second-order valence-corrected chi connectivity index (χ2v) is 5.91. The van der Waals surface area contributed by atoms with Gasteiger partial charge in [-0.15, -0.1) is 0 Å². The molecule has 17 heavy (non-hydrogen) atoms. The van der Waals surface area contributed by atoms with E-state index in [1.807, 2.05) is 0 Å². The number of nitrogens with one attached hydrogen (secondary N) is 2. The van der Waals surface area contributed by atoms with Crippen molar-refractivity contribution in [3.8, 4) is 0 Å². The molecule has 1 amide bonds. The van der Waals surface area contributed by atoms with Crippen LogP contribution >= 0.6 is 0 Å². The van der Waals surface area contributed by atoms with Crippen molar-refractivity contribution >= 4 is 5.91 Å². The first-order valence-electron chi connectivity index (χ1n) is 7.02. The third-order valence-electron chi connectivity index (χ3n) is 4.11. The Morgan fingerprint density at radius 1 is 1.41 bits per heavy atom. The van der Waals surface area contributed by atoms with Gasteiger partial charge in [0.2, 0.25) is 5.91 Å². The number of hydrogen-bond acceptors (Lipinski definition) is 2. The molecule has 1 atom stereocenters. The molecule has 1 heterocycles. The third kappa shape index (κ3) is 3.98. The number of hydrogen-bond donors (Lipinski definition) is 2. The number of piperidine rings is 1. The van der Waals surface area contributed by atoms with Crippen LogP contribution < -0.4 is 10.6 Å². The topological polar surface area (TPSA) is 41.1 Å². The van der Waals surface area contributed by atoms with Gasteiger partial charge in [-0.3, -0.25) is 4.79 Å². The quantitative estimate of drug-likeness (QED) is 0.774. The molecular weight excluding hydrogens is 212 g/mol. The van der Waals surface area contributed by atoms with Crippen molar-refractivity contribution in [1.82, 2.24) is 10.6 Å². The molecular formula is C14H28N2O. The van der Waals surface area contributed by atoms with Gasteiger partial charge < -0.3 is 10.6 Å². The van der Waals surface area contributed by atoms with E-state index in [0.717, 1.165) is 32.4 Å². The van der Waals surface area contributed by atoms with Crippen LogP contribution in [-0.2, 0) is 4.79 Å². The van der Waals surface area contributed by atoms with Gasteiger partial charge in [0, 0.05) is 6.54 Å². The van der Waals surface area contributed by atoms with Gasteiger partial charge in [0.05, 0.1) is 6.04 Å². The fraction of sp³-hybridized carbons (Fsp3) is 0.929. The molecule has 0 bridgehead atoms. The largest absolute Gasteiger partial charge is 0.354 e. The van der Waals surface area contributed by atoms with Gasteiger partial charge in [-0.2, -0.15) is 0 Å². The van der Waals surface area contributed by atoms with Gasteiger partial charge in [0.1, 0.15) is 0 Å². The lowest BCUT2D eigenvalue weighted by Crippen LogP contribution is -2.56. The van der Waals surface area contributed by atoms with Crippen LogP contribution in [0.2, 0.25) is 0 Å². The molecule has 3 nitrogen and oxygen atoms in total. The Kier molecular flexibility index (Phi) is 5.44. The molecule has 1 aliphatic rings. The molecule has 3 heteroatoms. The summed E-state index contributed by atoms with van der Waals surface area (Å²) in [6, 6.07) is -0.0226. The molecule has 0 radical (unpaired) electrons. The fourth-order valence-electron chi connectivity index (χ4n) is 2.58. The number of rotatable bonds is 5. The fourth-order valence-corrected chi connectivity index (χ4v) is 2.58. The van der Waals surface area contributed by atoms with Crippen molar-refractivity contribution in [3.05, 3.63) is 0 Å². The summed E-state index contributed by atoms with van der Waals surface area (Å²) in [5, 5.41) is 6.47. The third-order valence-corrected chi connectivity index (χ3v) is 4.11. The minimum atomic E-state index is -0.0226. The van der Waals surface area contributed by atoms with Crippen LogP contribution in [-0.4, -0.2) is 25.0 Å². The van der Waals surface area contributed by atoms with Crippen molar-refractivity contribution in [1.29, 1.82) is 0 Å². The highest BCUT2D eigenvalue weighted by Gasteiger charge is 2.36. The lowest BCUT2D eigenvalue weighted by atomic mass is 9.77. The molecule has 0 spiro atoms. The molecule has 1 unspecified atom stereocenters. The van der Waals surface area contributed by atoms with Crippen LogP contribution in [0.15, 0.2) is 0 Å². The van der Waals surface area contributed by atoms with Gasteiger partial charge in [0.15, 0.2) is 0 Å². The molecule has 0 aromatic rings.